The average molecular weight is 253 g/mol. The Hall–Kier alpha value is -0.980. The maximum Gasteiger partial charge on any atom is 0.147 e. The van der Waals surface area contributed by atoms with E-state index in [0.29, 0.717) is 0 Å². The summed E-state index contributed by atoms with van der Waals surface area (Å²) < 4.78 is 7.12. The molecule has 1 aromatic rings. The van der Waals surface area contributed by atoms with Crippen LogP contribution in [0.1, 0.15) is 18.7 Å². The molecule has 1 aromatic heterocycles. The second-order valence-electron chi connectivity index (χ2n) is 4.67. The van der Waals surface area contributed by atoms with Crippen molar-refractivity contribution >= 4 is 0 Å². The van der Waals surface area contributed by atoms with E-state index in [-0.39, 0.29) is 0 Å². The van der Waals surface area contributed by atoms with E-state index in [1.807, 2.05) is 6.33 Å². The molecule has 0 atom stereocenters. The van der Waals surface area contributed by atoms with Crippen molar-refractivity contribution in [2.45, 2.75) is 25.9 Å². The van der Waals surface area contributed by atoms with Crippen LogP contribution in [0.25, 0.3) is 0 Å². The summed E-state index contributed by atoms with van der Waals surface area (Å²) in [6.07, 6.45) is 4.27. The first-order valence-corrected chi connectivity index (χ1v) is 6.69. The van der Waals surface area contributed by atoms with Gasteiger partial charge >= 0.3 is 0 Å². The Bertz CT molecular complexity index is 341. The minimum atomic E-state index is 0.793. The molecule has 18 heavy (non-hydrogen) atoms. The van der Waals surface area contributed by atoms with Gasteiger partial charge in [0.25, 0.3) is 0 Å². The van der Waals surface area contributed by atoms with Crippen molar-refractivity contribution in [3.8, 4) is 0 Å². The Kier molecular flexibility index (Phi) is 5.57. The fraction of sp³-hybridized carbons (Fsp3) is 0.833. The molecule has 0 bridgehead atoms. The van der Waals surface area contributed by atoms with Gasteiger partial charge in [0.2, 0.25) is 0 Å². The van der Waals surface area contributed by atoms with Gasteiger partial charge in [0.15, 0.2) is 0 Å². The highest BCUT2D eigenvalue weighted by atomic mass is 16.5. The Morgan fingerprint density at radius 1 is 1.33 bits per heavy atom. The van der Waals surface area contributed by atoms with E-state index in [9.17, 15) is 0 Å². The lowest BCUT2D eigenvalue weighted by Gasteiger charge is -2.26. The molecular weight excluding hydrogens is 230 g/mol. The normalized spacial score (nSPS) is 15.8. The van der Waals surface area contributed by atoms with E-state index in [2.05, 4.69) is 25.0 Å². The molecule has 6 heteroatoms. The molecule has 2 heterocycles. The van der Waals surface area contributed by atoms with Crippen LogP contribution in [-0.4, -0.2) is 59.6 Å². The molecule has 0 fully saturated rings. The molecule has 2 rings (SSSR count). The molecule has 0 unspecified atom stereocenters. The van der Waals surface area contributed by atoms with Crippen LogP contribution in [0.4, 0.5) is 0 Å². The van der Waals surface area contributed by atoms with Crippen LogP contribution < -0.4 is 5.32 Å². The van der Waals surface area contributed by atoms with E-state index in [1.54, 1.807) is 7.11 Å². The molecule has 1 aliphatic heterocycles. The first-order valence-electron chi connectivity index (χ1n) is 6.69. The molecule has 1 aliphatic rings. The van der Waals surface area contributed by atoms with Gasteiger partial charge in [0.05, 0.1) is 13.2 Å². The highest BCUT2D eigenvalue weighted by Crippen LogP contribution is 2.09. The van der Waals surface area contributed by atoms with Gasteiger partial charge < -0.3 is 14.6 Å². The number of nitrogens with zero attached hydrogens (tertiary/aromatic N) is 4. The SMILES string of the molecule is COCCNCCCCN1CCn2cnnc2C1. The Morgan fingerprint density at radius 3 is 3.17 bits per heavy atom. The van der Waals surface area contributed by atoms with Gasteiger partial charge in [-0.05, 0) is 25.9 Å². The maximum atomic E-state index is 4.98. The van der Waals surface area contributed by atoms with Crippen molar-refractivity contribution in [2.75, 3.05) is 39.9 Å². The molecule has 0 spiro atoms. The van der Waals surface area contributed by atoms with Crippen LogP contribution in [0, 0.1) is 0 Å². The third-order valence-corrected chi connectivity index (χ3v) is 3.28. The fourth-order valence-electron chi connectivity index (χ4n) is 2.19. The number of hydrogen-bond acceptors (Lipinski definition) is 5. The first kappa shape index (κ1) is 13.5. The number of ether oxygens (including phenoxy) is 1. The van der Waals surface area contributed by atoms with Crippen molar-refractivity contribution in [2.24, 2.45) is 0 Å². The summed E-state index contributed by atoms with van der Waals surface area (Å²) in [5.41, 5.74) is 0. The summed E-state index contributed by atoms with van der Waals surface area (Å²) >= 11 is 0. The van der Waals surface area contributed by atoms with E-state index in [1.165, 1.54) is 12.8 Å². The molecule has 0 saturated heterocycles. The predicted molar refractivity (Wildman–Crippen MR) is 69.3 cm³/mol. The Morgan fingerprint density at radius 2 is 2.28 bits per heavy atom. The minimum absolute atomic E-state index is 0.793. The van der Waals surface area contributed by atoms with Gasteiger partial charge in [-0.15, -0.1) is 10.2 Å². The standard InChI is InChI=1S/C12H23N5O/c1-18-9-5-13-4-2-3-6-16-7-8-17-11-14-15-12(17)10-16/h11,13H,2-10H2,1H3. The first-order chi connectivity index (χ1) is 8.90. The zero-order valence-corrected chi connectivity index (χ0v) is 11.1. The fourth-order valence-corrected chi connectivity index (χ4v) is 2.19. The zero-order valence-electron chi connectivity index (χ0n) is 11.1. The Balaban J connectivity index is 1.53. The van der Waals surface area contributed by atoms with Gasteiger partial charge in [-0.1, -0.05) is 0 Å². The quantitative estimate of drug-likeness (QED) is 0.666. The van der Waals surface area contributed by atoms with Crippen molar-refractivity contribution in [3.05, 3.63) is 12.2 Å². The van der Waals surface area contributed by atoms with Gasteiger partial charge in [-0.3, -0.25) is 4.90 Å². The minimum Gasteiger partial charge on any atom is -0.383 e. The van der Waals surface area contributed by atoms with Gasteiger partial charge in [0, 0.05) is 26.7 Å². The molecule has 102 valence electrons. The number of hydrogen-bond donors (Lipinski definition) is 1. The highest BCUT2D eigenvalue weighted by molar-refractivity contribution is 4.89. The number of unbranched alkanes of at least 4 members (excludes halogenated alkanes) is 1. The molecule has 0 aromatic carbocycles. The maximum absolute atomic E-state index is 4.98. The molecule has 1 N–H and O–H groups in total. The van der Waals surface area contributed by atoms with Crippen LogP contribution in [-0.2, 0) is 17.8 Å². The molecule has 0 saturated carbocycles. The summed E-state index contributed by atoms with van der Waals surface area (Å²) in [6.45, 7) is 7.05. The topological polar surface area (TPSA) is 55.2 Å². The summed E-state index contributed by atoms with van der Waals surface area (Å²) in [5.74, 6) is 1.10. The molecular formula is C12H23N5O. The third kappa shape index (κ3) is 4.04. The summed E-state index contributed by atoms with van der Waals surface area (Å²) in [6, 6.07) is 0. The number of fused-ring (bicyclic) bond motifs is 1. The highest BCUT2D eigenvalue weighted by Gasteiger charge is 2.16. The smallest absolute Gasteiger partial charge is 0.147 e. The number of methoxy groups -OCH3 is 1. The summed E-state index contributed by atoms with van der Waals surface area (Å²) in [5, 5.41) is 11.4. The van der Waals surface area contributed by atoms with Crippen molar-refractivity contribution in [3.63, 3.8) is 0 Å². The van der Waals surface area contributed by atoms with Crippen molar-refractivity contribution < 1.29 is 4.74 Å². The molecule has 0 radical (unpaired) electrons. The van der Waals surface area contributed by atoms with Gasteiger partial charge in [-0.2, -0.15) is 0 Å². The predicted octanol–water partition coefficient (Wildman–Crippen LogP) is 0.110. The largest absolute Gasteiger partial charge is 0.383 e. The van der Waals surface area contributed by atoms with Gasteiger partial charge in [0.1, 0.15) is 12.2 Å². The van der Waals surface area contributed by atoms with Crippen LogP contribution in [0.15, 0.2) is 6.33 Å². The van der Waals surface area contributed by atoms with E-state index < -0.39 is 0 Å². The summed E-state index contributed by atoms with van der Waals surface area (Å²) in [4.78, 5) is 2.46. The average Bonchev–Trinajstić information content (AvgIpc) is 2.85. The number of aromatic nitrogens is 3. The zero-order chi connectivity index (χ0) is 12.6. The van der Waals surface area contributed by atoms with Crippen LogP contribution in [0.5, 0.6) is 0 Å². The lowest BCUT2D eigenvalue weighted by atomic mass is 10.2. The van der Waals surface area contributed by atoms with Crippen molar-refractivity contribution in [1.82, 2.24) is 25.0 Å². The van der Waals surface area contributed by atoms with E-state index >= 15 is 0 Å². The monoisotopic (exact) mass is 253 g/mol. The third-order valence-electron chi connectivity index (χ3n) is 3.28. The number of nitrogens with one attached hydrogen (secondary N) is 1. The van der Waals surface area contributed by atoms with E-state index in [0.717, 1.165) is 51.7 Å². The van der Waals surface area contributed by atoms with Crippen LogP contribution in [0.3, 0.4) is 0 Å². The number of rotatable bonds is 8. The summed E-state index contributed by atoms with van der Waals surface area (Å²) in [7, 11) is 1.73. The van der Waals surface area contributed by atoms with Crippen LogP contribution >= 0.6 is 0 Å². The second kappa shape index (κ2) is 7.45. The molecule has 6 nitrogen and oxygen atoms in total. The van der Waals surface area contributed by atoms with E-state index in [4.69, 9.17) is 4.74 Å². The molecule has 0 aliphatic carbocycles. The van der Waals surface area contributed by atoms with Crippen LogP contribution in [0.2, 0.25) is 0 Å². The molecule has 0 amide bonds. The second-order valence-corrected chi connectivity index (χ2v) is 4.67. The Labute approximate surface area is 108 Å². The lowest BCUT2D eigenvalue weighted by Crippen LogP contribution is -2.34. The van der Waals surface area contributed by atoms with Gasteiger partial charge in [-0.25, -0.2) is 0 Å². The lowest BCUT2D eigenvalue weighted by molar-refractivity contribution is 0.197. The van der Waals surface area contributed by atoms with Crippen molar-refractivity contribution in [1.29, 1.82) is 0 Å².